The summed E-state index contributed by atoms with van der Waals surface area (Å²) in [6, 6.07) is 7.87. The lowest BCUT2D eigenvalue weighted by Gasteiger charge is -2.32. The largest absolute Gasteiger partial charge is 0.497 e. The number of aryl methyl sites for hydroxylation is 1. The summed E-state index contributed by atoms with van der Waals surface area (Å²) in [5, 5.41) is 3.51. The molecule has 3 rings (SSSR count). The highest BCUT2D eigenvalue weighted by molar-refractivity contribution is 5.92. The Kier molecular flexibility index (Phi) is 5.16. The molecule has 0 aliphatic carbocycles. The number of benzene rings is 1. The first-order valence-electron chi connectivity index (χ1n) is 8.43. The van der Waals surface area contributed by atoms with E-state index in [-0.39, 0.29) is 5.91 Å². The summed E-state index contributed by atoms with van der Waals surface area (Å²) in [6.45, 7) is 3.30. The number of likely N-dealkylation sites (tertiary alicyclic amines) is 1. The smallest absolute Gasteiger partial charge is 0.289 e. The molecule has 1 aromatic heterocycles. The molecular weight excluding hydrogens is 320 g/mol. The maximum atomic E-state index is 12.5. The summed E-state index contributed by atoms with van der Waals surface area (Å²) >= 11 is 0. The molecule has 0 spiro atoms. The van der Waals surface area contributed by atoms with Crippen molar-refractivity contribution in [1.82, 2.24) is 4.90 Å². The molecule has 0 bridgehead atoms. The molecule has 6 nitrogen and oxygen atoms in total. The van der Waals surface area contributed by atoms with Crippen LogP contribution in [0.1, 0.15) is 29.0 Å². The number of hydrogen-bond donors (Lipinski definition) is 1. The molecule has 1 aliphatic heterocycles. The molecule has 2 heterocycles. The minimum atomic E-state index is -0.0241. The van der Waals surface area contributed by atoms with Crippen molar-refractivity contribution in [2.24, 2.45) is 0 Å². The van der Waals surface area contributed by atoms with Crippen LogP contribution in [0.15, 0.2) is 34.9 Å². The number of rotatable bonds is 5. The summed E-state index contributed by atoms with van der Waals surface area (Å²) in [7, 11) is 3.28. The Hall–Kier alpha value is -2.63. The molecule has 1 saturated heterocycles. The van der Waals surface area contributed by atoms with Gasteiger partial charge in [0, 0.05) is 48.6 Å². The monoisotopic (exact) mass is 344 g/mol. The fourth-order valence-electron chi connectivity index (χ4n) is 3.09. The molecule has 1 aromatic carbocycles. The number of hydrogen-bond acceptors (Lipinski definition) is 5. The van der Waals surface area contributed by atoms with Crippen molar-refractivity contribution in [3.63, 3.8) is 0 Å². The van der Waals surface area contributed by atoms with Crippen LogP contribution in [0.4, 0.5) is 5.69 Å². The van der Waals surface area contributed by atoms with Gasteiger partial charge in [-0.25, -0.2) is 0 Å². The zero-order valence-electron chi connectivity index (χ0n) is 14.9. The summed E-state index contributed by atoms with van der Waals surface area (Å²) in [4.78, 5) is 14.3. The van der Waals surface area contributed by atoms with Crippen LogP contribution in [0.2, 0.25) is 0 Å². The van der Waals surface area contributed by atoms with E-state index < -0.39 is 0 Å². The lowest BCUT2D eigenvalue weighted by molar-refractivity contribution is 0.0685. The Morgan fingerprint density at radius 3 is 2.32 bits per heavy atom. The highest BCUT2D eigenvalue weighted by Crippen LogP contribution is 2.27. The van der Waals surface area contributed by atoms with Gasteiger partial charge in [0.05, 0.1) is 20.5 Å². The van der Waals surface area contributed by atoms with Crippen molar-refractivity contribution >= 4 is 11.6 Å². The Morgan fingerprint density at radius 1 is 1.16 bits per heavy atom. The maximum Gasteiger partial charge on any atom is 0.289 e. The van der Waals surface area contributed by atoms with E-state index in [1.165, 1.54) is 0 Å². The van der Waals surface area contributed by atoms with Gasteiger partial charge in [-0.05, 0) is 25.8 Å². The predicted molar refractivity (Wildman–Crippen MR) is 95.5 cm³/mol. The van der Waals surface area contributed by atoms with Gasteiger partial charge in [0.25, 0.3) is 5.91 Å². The van der Waals surface area contributed by atoms with Crippen LogP contribution in [0.5, 0.6) is 11.5 Å². The third kappa shape index (κ3) is 3.90. The number of carbonyl (C=O) groups is 1. The van der Waals surface area contributed by atoms with Crippen molar-refractivity contribution in [2.75, 3.05) is 32.6 Å². The van der Waals surface area contributed by atoms with Crippen molar-refractivity contribution < 1.29 is 18.7 Å². The standard InChI is InChI=1S/C19H24N2O4/c1-13-6-9-25-18(13)19(22)21-7-4-14(5-8-21)20-15-10-16(23-2)12-17(11-15)24-3/h6,9-12,14,20H,4-5,7-8H2,1-3H3. The van der Waals surface area contributed by atoms with Crippen molar-refractivity contribution in [3.05, 3.63) is 41.9 Å². The molecule has 0 radical (unpaired) electrons. The van der Waals surface area contributed by atoms with E-state index in [2.05, 4.69) is 5.32 Å². The zero-order chi connectivity index (χ0) is 17.8. The van der Waals surface area contributed by atoms with E-state index >= 15 is 0 Å². The van der Waals surface area contributed by atoms with Gasteiger partial charge in [0.2, 0.25) is 0 Å². The molecular formula is C19H24N2O4. The van der Waals surface area contributed by atoms with Crippen LogP contribution in [-0.4, -0.2) is 44.2 Å². The number of anilines is 1. The van der Waals surface area contributed by atoms with E-state index in [4.69, 9.17) is 13.9 Å². The highest BCUT2D eigenvalue weighted by atomic mass is 16.5. The predicted octanol–water partition coefficient (Wildman–Crippen LogP) is 3.32. The van der Waals surface area contributed by atoms with Crippen LogP contribution in [0.3, 0.4) is 0 Å². The van der Waals surface area contributed by atoms with Gasteiger partial charge >= 0.3 is 0 Å². The van der Waals surface area contributed by atoms with Gasteiger partial charge in [0.1, 0.15) is 11.5 Å². The fourth-order valence-corrected chi connectivity index (χ4v) is 3.09. The topological polar surface area (TPSA) is 63.9 Å². The first-order chi connectivity index (χ1) is 12.1. The van der Waals surface area contributed by atoms with Gasteiger partial charge in [0.15, 0.2) is 5.76 Å². The molecule has 25 heavy (non-hydrogen) atoms. The minimum absolute atomic E-state index is 0.0241. The molecule has 0 unspecified atom stereocenters. The molecule has 6 heteroatoms. The average molecular weight is 344 g/mol. The number of nitrogens with zero attached hydrogens (tertiary/aromatic N) is 1. The second-order valence-corrected chi connectivity index (χ2v) is 6.24. The van der Waals surface area contributed by atoms with E-state index in [1.807, 2.05) is 36.1 Å². The number of piperidine rings is 1. The van der Waals surface area contributed by atoms with Gasteiger partial charge in [-0.1, -0.05) is 0 Å². The molecule has 0 atom stereocenters. The third-order valence-electron chi connectivity index (χ3n) is 4.56. The second kappa shape index (κ2) is 7.51. The lowest BCUT2D eigenvalue weighted by Crippen LogP contribution is -2.42. The zero-order valence-corrected chi connectivity index (χ0v) is 14.9. The Labute approximate surface area is 147 Å². The van der Waals surface area contributed by atoms with Gasteiger partial charge < -0.3 is 24.1 Å². The number of carbonyl (C=O) groups excluding carboxylic acids is 1. The SMILES string of the molecule is COc1cc(NC2CCN(C(=O)c3occc3C)CC2)cc(OC)c1. The number of methoxy groups -OCH3 is 2. The average Bonchev–Trinajstić information content (AvgIpc) is 3.07. The second-order valence-electron chi connectivity index (χ2n) is 6.24. The molecule has 2 aromatic rings. The number of furan rings is 1. The molecule has 1 N–H and O–H groups in total. The summed E-state index contributed by atoms with van der Waals surface area (Å²) in [5.74, 6) is 1.93. The normalized spacial score (nSPS) is 15.1. The third-order valence-corrected chi connectivity index (χ3v) is 4.56. The van der Waals surface area contributed by atoms with Gasteiger partial charge in [-0.15, -0.1) is 0 Å². The summed E-state index contributed by atoms with van der Waals surface area (Å²) < 4.78 is 15.9. The van der Waals surface area contributed by atoms with Crippen LogP contribution in [0.25, 0.3) is 0 Å². The molecule has 1 fully saturated rings. The van der Waals surface area contributed by atoms with E-state index in [9.17, 15) is 4.79 Å². The van der Waals surface area contributed by atoms with E-state index in [1.54, 1.807) is 20.5 Å². The summed E-state index contributed by atoms with van der Waals surface area (Å²) in [5.41, 5.74) is 1.84. The first-order valence-corrected chi connectivity index (χ1v) is 8.43. The Bertz CT molecular complexity index is 711. The highest BCUT2D eigenvalue weighted by Gasteiger charge is 2.26. The van der Waals surface area contributed by atoms with Crippen molar-refractivity contribution in [3.8, 4) is 11.5 Å². The van der Waals surface area contributed by atoms with Crippen LogP contribution in [-0.2, 0) is 0 Å². The molecule has 134 valence electrons. The van der Waals surface area contributed by atoms with Crippen LogP contribution in [0, 0.1) is 6.92 Å². The lowest BCUT2D eigenvalue weighted by atomic mass is 10.0. The molecule has 0 saturated carbocycles. The van der Waals surface area contributed by atoms with Crippen molar-refractivity contribution in [1.29, 1.82) is 0 Å². The Balaban J connectivity index is 1.59. The number of amides is 1. The minimum Gasteiger partial charge on any atom is -0.497 e. The summed E-state index contributed by atoms with van der Waals surface area (Å²) in [6.07, 6.45) is 3.32. The quantitative estimate of drug-likeness (QED) is 0.901. The maximum absolute atomic E-state index is 12.5. The van der Waals surface area contributed by atoms with Gasteiger partial charge in [-0.3, -0.25) is 4.79 Å². The first kappa shape index (κ1) is 17.2. The fraction of sp³-hybridized carbons (Fsp3) is 0.421. The van der Waals surface area contributed by atoms with Crippen LogP contribution < -0.4 is 14.8 Å². The molecule has 1 aliphatic rings. The van der Waals surface area contributed by atoms with Crippen LogP contribution >= 0.6 is 0 Å². The number of ether oxygens (including phenoxy) is 2. The molecule has 1 amide bonds. The Morgan fingerprint density at radius 2 is 1.80 bits per heavy atom. The van der Waals surface area contributed by atoms with Gasteiger partial charge in [-0.2, -0.15) is 0 Å². The van der Waals surface area contributed by atoms with E-state index in [0.29, 0.717) is 24.9 Å². The number of nitrogens with one attached hydrogen (secondary N) is 1. The van der Waals surface area contributed by atoms with E-state index in [0.717, 1.165) is 35.6 Å². The van der Waals surface area contributed by atoms with Crippen molar-refractivity contribution in [2.45, 2.75) is 25.8 Å².